The lowest BCUT2D eigenvalue weighted by Crippen LogP contribution is -2.07. The van der Waals surface area contributed by atoms with Crippen molar-refractivity contribution in [3.8, 4) is 5.75 Å². The van der Waals surface area contributed by atoms with Crippen LogP contribution in [0.15, 0.2) is 22.7 Å². The van der Waals surface area contributed by atoms with Crippen LogP contribution >= 0.6 is 0 Å². The molecule has 0 saturated heterocycles. The first kappa shape index (κ1) is 12.2. The van der Waals surface area contributed by atoms with Crippen LogP contribution in [0.2, 0.25) is 0 Å². The number of ether oxygens (including phenoxy) is 1. The number of aromatic nitrogens is 2. The minimum Gasteiger partial charge on any atom is -0.497 e. The molecule has 0 aliphatic carbocycles. The van der Waals surface area contributed by atoms with Gasteiger partial charge < -0.3 is 20.3 Å². The Morgan fingerprint density at radius 2 is 2.28 bits per heavy atom. The van der Waals surface area contributed by atoms with Crippen molar-refractivity contribution in [2.45, 2.75) is 13.3 Å². The van der Waals surface area contributed by atoms with Gasteiger partial charge in [0.05, 0.1) is 18.5 Å². The maximum Gasteiger partial charge on any atom is 0.228 e. The Labute approximate surface area is 105 Å². The highest BCUT2D eigenvalue weighted by Crippen LogP contribution is 2.24. The summed E-state index contributed by atoms with van der Waals surface area (Å²) < 4.78 is 10.2. The van der Waals surface area contributed by atoms with Gasteiger partial charge in [-0.15, -0.1) is 0 Å². The van der Waals surface area contributed by atoms with E-state index in [1.165, 1.54) is 0 Å². The average molecular weight is 248 g/mol. The molecule has 6 nitrogen and oxygen atoms in total. The van der Waals surface area contributed by atoms with Crippen LogP contribution < -0.4 is 15.8 Å². The number of rotatable bonds is 5. The summed E-state index contributed by atoms with van der Waals surface area (Å²) in [6.45, 7) is 2.46. The van der Waals surface area contributed by atoms with Gasteiger partial charge in [0.25, 0.3) is 0 Å². The molecule has 2 rings (SSSR count). The van der Waals surface area contributed by atoms with Gasteiger partial charge in [0, 0.05) is 19.0 Å². The van der Waals surface area contributed by atoms with E-state index >= 15 is 0 Å². The van der Waals surface area contributed by atoms with Crippen LogP contribution in [0.25, 0.3) is 0 Å². The van der Waals surface area contributed by atoms with E-state index in [0.717, 1.165) is 11.4 Å². The Bertz CT molecular complexity index is 525. The Morgan fingerprint density at radius 3 is 2.94 bits per heavy atom. The van der Waals surface area contributed by atoms with Crippen molar-refractivity contribution in [1.82, 2.24) is 10.1 Å². The monoisotopic (exact) mass is 248 g/mol. The SMILES string of the molecule is COc1ccc(N)c(NCCc2nc(C)no2)c1. The first-order chi connectivity index (χ1) is 8.69. The largest absolute Gasteiger partial charge is 0.497 e. The molecule has 0 aliphatic rings. The van der Waals surface area contributed by atoms with Crippen molar-refractivity contribution in [2.75, 3.05) is 24.7 Å². The zero-order valence-electron chi connectivity index (χ0n) is 10.4. The van der Waals surface area contributed by atoms with Crippen molar-refractivity contribution >= 4 is 11.4 Å². The van der Waals surface area contributed by atoms with Gasteiger partial charge in [-0.25, -0.2) is 0 Å². The fourth-order valence-electron chi connectivity index (χ4n) is 1.56. The van der Waals surface area contributed by atoms with Crippen LogP contribution in [0.5, 0.6) is 5.75 Å². The van der Waals surface area contributed by atoms with Gasteiger partial charge in [0.1, 0.15) is 5.75 Å². The number of nitrogens with one attached hydrogen (secondary N) is 1. The topological polar surface area (TPSA) is 86.2 Å². The molecule has 1 aromatic heterocycles. The first-order valence-electron chi connectivity index (χ1n) is 5.65. The molecule has 0 fully saturated rings. The normalized spacial score (nSPS) is 10.3. The highest BCUT2D eigenvalue weighted by atomic mass is 16.5. The summed E-state index contributed by atoms with van der Waals surface area (Å²) in [4.78, 5) is 4.12. The molecule has 0 unspecified atom stereocenters. The van der Waals surface area contributed by atoms with E-state index in [1.54, 1.807) is 20.1 Å². The molecule has 0 amide bonds. The van der Waals surface area contributed by atoms with Crippen molar-refractivity contribution < 1.29 is 9.26 Å². The average Bonchev–Trinajstić information content (AvgIpc) is 2.77. The predicted molar refractivity (Wildman–Crippen MR) is 68.6 cm³/mol. The lowest BCUT2D eigenvalue weighted by atomic mass is 10.2. The number of hydrogen-bond donors (Lipinski definition) is 2. The summed E-state index contributed by atoms with van der Waals surface area (Å²) in [5, 5.41) is 6.94. The standard InChI is InChI=1S/C12H16N4O2/c1-8-15-12(18-16-8)5-6-14-11-7-9(17-2)3-4-10(11)13/h3-4,7,14H,5-6,13H2,1-2H3. The summed E-state index contributed by atoms with van der Waals surface area (Å²) in [6.07, 6.45) is 0.650. The first-order valence-corrected chi connectivity index (χ1v) is 5.65. The Hall–Kier alpha value is -2.24. The molecule has 18 heavy (non-hydrogen) atoms. The van der Waals surface area contributed by atoms with E-state index < -0.39 is 0 Å². The van der Waals surface area contributed by atoms with Gasteiger partial charge in [-0.05, 0) is 19.1 Å². The van der Waals surface area contributed by atoms with Crippen molar-refractivity contribution in [3.05, 3.63) is 29.9 Å². The van der Waals surface area contributed by atoms with E-state index in [1.807, 2.05) is 12.1 Å². The van der Waals surface area contributed by atoms with Crippen molar-refractivity contribution in [2.24, 2.45) is 0 Å². The molecular weight excluding hydrogens is 232 g/mol. The number of benzene rings is 1. The van der Waals surface area contributed by atoms with E-state index in [4.69, 9.17) is 15.0 Å². The molecule has 0 aliphatic heterocycles. The number of aryl methyl sites for hydroxylation is 1. The molecule has 3 N–H and O–H groups in total. The third-order valence-electron chi connectivity index (χ3n) is 2.48. The van der Waals surface area contributed by atoms with Gasteiger partial charge in [-0.2, -0.15) is 4.98 Å². The third-order valence-corrected chi connectivity index (χ3v) is 2.48. The zero-order valence-corrected chi connectivity index (χ0v) is 10.4. The zero-order chi connectivity index (χ0) is 13.0. The van der Waals surface area contributed by atoms with E-state index in [9.17, 15) is 0 Å². The summed E-state index contributed by atoms with van der Waals surface area (Å²) >= 11 is 0. The fraction of sp³-hybridized carbons (Fsp3) is 0.333. The van der Waals surface area contributed by atoms with Gasteiger partial charge in [0.2, 0.25) is 5.89 Å². The minimum atomic E-state index is 0.612. The van der Waals surface area contributed by atoms with Gasteiger partial charge in [0.15, 0.2) is 5.82 Å². The van der Waals surface area contributed by atoms with E-state index in [-0.39, 0.29) is 0 Å². The molecule has 0 radical (unpaired) electrons. The van der Waals surface area contributed by atoms with Crippen molar-refractivity contribution in [1.29, 1.82) is 0 Å². The molecule has 1 aromatic carbocycles. The molecular formula is C12H16N4O2. The number of methoxy groups -OCH3 is 1. The molecule has 0 saturated carbocycles. The number of anilines is 2. The summed E-state index contributed by atoms with van der Waals surface area (Å²) in [6, 6.07) is 5.48. The van der Waals surface area contributed by atoms with Gasteiger partial charge >= 0.3 is 0 Å². The summed E-state index contributed by atoms with van der Waals surface area (Å²) in [7, 11) is 1.62. The molecule has 0 spiro atoms. The van der Waals surface area contributed by atoms with Crippen LogP contribution in [0.3, 0.4) is 0 Å². The molecule has 96 valence electrons. The number of nitrogens with zero attached hydrogens (tertiary/aromatic N) is 2. The molecule has 0 atom stereocenters. The van der Waals surface area contributed by atoms with Crippen molar-refractivity contribution in [3.63, 3.8) is 0 Å². The number of hydrogen-bond acceptors (Lipinski definition) is 6. The predicted octanol–water partition coefficient (Wildman–Crippen LogP) is 1.62. The Morgan fingerprint density at radius 1 is 1.44 bits per heavy atom. The second-order valence-corrected chi connectivity index (χ2v) is 3.87. The quantitative estimate of drug-likeness (QED) is 0.782. The third kappa shape index (κ3) is 2.91. The number of nitrogen functional groups attached to an aromatic ring is 1. The summed E-state index contributed by atoms with van der Waals surface area (Å²) in [5.41, 5.74) is 7.38. The smallest absolute Gasteiger partial charge is 0.228 e. The minimum absolute atomic E-state index is 0.612. The van der Waals surface area contributed by atoms with Crippen LogP contribution in [-0.4, -0.2) is 23.8 Å². The fourth-order valence-corrected chi connectivity index (χ4v) is 1.56. The second-order valence-electron chi connectivity index (χ2n) is 3.87. The van der Waals surface area contributed by atoms with Gasteiger partial charge in [-0.3, -0.25) is 0 Å². The van der Waals surface area contributed by atoms with Gasteiger partial charge in [-0.1, -0.05) is 5.16 Å². The van der Waals surface area contributed by atoms with E-state index in [2.05, 4.69) is 15.5 Å². The maximum atomic E-state index is 5.86. The second kappa shape index (κ2) is 5.39. The maximum absolute atomic E-state index is 5.86. The van der Waals surface area contributed by atoms with Crippen LogP contribution in [-0.2, 0) is 6.42 Å². The lowest BCUT2D eigenvalue weighted by molar-refractivity contribution is 0.377. The molecule has 1 heterocycles. The Balaban J connectivity index is 1.93. The molecule has 0 bridgehead atoms. The lowest BCUT2D eigenvalue weighted by Gasteiger charge is -2.09. The highest BCUT2D eigenvalue weighted by molar-refractivity contribution is 5.68. The highest BCUT2D eigenvalue weighted by Gasteiger charge is 2.04. The molecule has 6 heteroatoms. The summed E-state index contributed by atoms with van der Waals surface area (Å²) in [5.74, 6) is 2.02. The number of nitrogens with two attached hydrogens (primary N) is 1. The molecule has 2 aromatic rings. The van der Waals surface area contributed by atoms with Crippen LogP contribution in [0.4, 0.5) is 11.4 Å². The van der Waals surface area contributed by atoms with E-state index in [0.29, 0.717) is 30.4 Å². The Kier molecular flexibility index (Phi) is 3.66. The van der Waals surface area contributed by atoms with Crippen LogP contribution in [0, 0.1) is 6.92 Å². The van der Waals surface area contributed by atoms with Crippen LogP contribution in [0.1, 0.15) is 11.7 Å².